The number of carbonyl (C=O) groups excluding carboxylic acids is 3. The lowest BCUT2D eigenvalue weighted by atomic mass is 10.1. The van der Waals surface area contributed by atoms with Crippen molar-refractivity contribution in [3.63, 3.8) is 0 Å². The van der Waals surface area contributed by atoms with Gasteiger partial charge in [0.1, 0.15) is 5.82 Å². The molecule has 1 heterocycles. The summed E-state index contributed by atoms with van der Waals surface area (Å²) in [4.78, 5) is 38.2. The van der Waals surface area contributed by atoms with E-state index >= 15 is 0 Å². The van der Waals surface area contributed by atoms with E-state index in [1.165, 1.54) is 17.0 Å². The molecule has 1 aliphatic rings. The maximum atomic E-state index is 13.9. The second kappa shape index (κ2) is 8.43. The molecule has 2 aromatic rings. The van der Waals surface area contributed by atoms with E-state index in [4.69, 9.17) is 0 Å². The molecular formula is C22H24FN3O3. The summed E-state index contributed by atoms with van der Waals surface area (Å²) in [5, 5.41) is 5.40. The third kappa shape index (κ3) is 4.62. The molecular weight excluding hydrogens is 373 g/mol. The molecule has 1 fully saturated rings. The van der Waals surface area contributed by atoms with Crippen LogP contribution >= 0.6 is 0 Å². The van der Waals surface area contributed by atoms with Crippen molar-refractivity contribution in [2.45, 2.75) is 27.2 Å². The minimum absolute atomic E-state index is 0.0159. The molecule has 1 saturated heterocycles. The number of nitrogens with zero attached hydrogens (tertiary/aromatic N) is 1. The second-order valence-corrected chi connectivity index (χ2v) is 7.40. The molecule has 7 heteroatoms. The van der Waals surface area contributed by atoms with Gasteiger partial charge in [-0.3, -0.25) is 14.4 Å². The molecule has 3 rings (SSSR count). The zero-order chi connectivity index (χ0) is 21.1. The van der Waals surface area contributed by atoms with Crippen LogP contribution in [0.25, 0.3) is 0 Å². The summed E-state index contributed by atoms with van der Waals surface area (Å²) in [6.45, 7) is 5.70. The molecule has 1 atom stereocenters. The van der Waals surface area contributed by atoms with Crippen LogP contribution in [0.15, 0.2) is 36.4 Å². The highest BCUT2D eigenvalue weighted by atomic mass is 19.1. The Bertz CT molecular complexity index is 951. The summed E-state index contributed by atoms with van der Waals surface area (Å²) in [7, 11) is 0. The number of nitrogens with one attached hydrogen (secondary N) is 2. The molecule has 0 spiro atoms. The molecule has 0 radical (unpaired) electrons. The van der Waals surface area contributed by atoms with E-state index in [0.717, 1.165) is 22.4 Å². The molecule has 0 aliphatic carbocycles. The van der Waals surface area contributed by atoms with Crippen LogP contribution in [-0.4, -0.2) is 30.8 Å². The molecule has 0 bridgehead atoms. The van der Waals surface area contributed by atoms with Gasteiger partial charge in [-0.1, -0.05) is 29.8 Å². The zero-order valence-electron chi connectivity index (χ0n) is 16.7. The molecule has 3 amide bonds. The van der Waals surface area contributed by atoms with E-state index in [0.29, 0.717) is 0 Å². The molecule has 1 aliphatic heterocycles. The summed E-state index contributed by atoms with van der Waals surface area (Å²) >= 11 is 0. The molecule has 0 aromatic heterocycles. The van der Waals surface area contributed by atoms with Gasteiger partial charge in [-0.25, -0.2) is 4.39 Å². The normalized spacial score (nSPS) is 16.1. The SMILES string of the molecule is Cc1cc(C)c(NC(=O)CNC(=O)[C@@H]2CC(=O)N(c3ccccc3F)C2)c(C)c1. The Balaban J connectivity index is 1.57. The minimum atomic E-state index is -0.627. The second-order valence-electron chi connectivity index (χ2n) is 7.40. The molecule has 2 aromatic carbocycles. The Labute approximate surface area is 169 Å². The minimum Gasteiger partial charge on any atom is -0.347 e. The number of carbonyl (C=O) groups is 3. The lowest BCUT2D eigenvalue weighted by molar-refractivity contribution is -0.127. The van der Waals surface area contributed by atoms with Gasteiger partial charge < -0.3 is 15.5 Å². The number of rotatable bonds is 5. The summed E-state index contributed by atoms with van der Waals surface area (Å²) in [6.07, 6.45) is -0.0159. The summed E-state index contributed by atoms with van der Waals surface area (Å²) in [5.41, 5.74) is 3.90. The van der Waals surface area contributed by atoms with E-state index in [-0.39, 0.29) is 37.0 Å². The Morgan fingerprint density at radius 2 is 1.79 bits per heavy atom. The molecule has 0 saturated carbocycles. The monoisotopic (exact) mass is 397 g/mol. The van der Waals surface area contributed by atoms with Gasteiger partial charge in [-0.2, -0.15) is 0 Å². The number of aryl methyl sites for hydroxylation is 3. The van der Waals surface area contributed by atoms with Gasteiger partial charge in [0, 0.05) is 18.7 Å². The average Bonchev–Trinajstić information content (AvgIpc) is 3.04. The van der Waals surface area contributed by atoms with Crippen LogP contribution in [0.3, 0.4) is 0 Å². The Hall–Kier alpha value is -3.22. The molecule has 152 valence electrons. The first-order valence-corrected chi connectivity index (χ1v) is 9.46. The quantitative estimate of drug-likeness (QED) is 0.814. The van der Waals surface area contributed by atoms with Crippen molar-refractivity contribution in [1.29, 1.82) is 0 Å². The molecule has 0 unspecified atom stereocenters. The standard InChI is InChI=1S/C22H24FN3O3/c1-13-8-14(2)21(15(3)9-13)25-19(27)11-24-22(29)16-10-20(28)26(12-16)18-7-5-4-6-17(18)23/h4-9,16H,10-12H2,1-3H3,(H,24,29)(H,25,27)/t16-/m1/s1. The number of hydrogen-bond donors (Lipinski definition) is 2. The van der Waals surface area contributed by atoms with Crippen LogP contribution in [0.1, 0.15) is 23.1 Å². The van der Waals surface area contributed by atoms with Gasteiger partial charge in [0.15, 0.2) is 0 Å². The van der Waals surface area contributed by atoms with Gasteiger partial charge >= 0.3 is 0 Å². The van der Waals surface area contributed by atoms with Gasteiger partial charge in [-0.15, -0.1) is 0 Å². The van der Waals surface area contributed by atoms with E-state index < -0.39 is 17.6 Å². The number of amides is 3. The molecule has 2 N–H and O–H groups in total. The first kappa shape index (κ1) is 20.5. The average molecular weight is 397 g/mol. The maximum Gasteiger partial charge on any atom is 0.243 e. The van der Waals surface area contributed by atoms with Crippen molar-refractivity contribution in [1.82, 2.24) is 5.32 Å². The van der Waals surface area contributed by atoms with Crippen molar-refractivity contribution >= 4 is 29.1 Å². The lowest BCUT2D eigenvalue weighted by Gasteiger charge is -2.17. The maximum absolute atomic E-state index is 13.9. The van der Waals surface area contributed by atoms with E-state index in [1.807, 2.05) is 32.9 Å². The van der Waals surface area contributed by atoms with Crippen molar-refractivity contribution in [2.24, 2.45) is 5.92 Å². The Morgan fingerprint density at radius 1 is 1.14 bits per heavy atom. The number of halogens is 1. The predicted molar refractivity (Wildman–Crippen MR) is 109 cm³/mol. The van der Waals surface area contributed by atoms with E-state index in [9.17, 15) is 18.8 Å². The highest BCUT2D eigenvalue weighted by molar-refractivity contribution is 6.01. The van der Waals surface area contributed by atoms with Gasteiger partial charge in [0.25, 0.3) is 0 Å². The third-order valence-electron chi connectivity index (χ3n) is 5.00. The lowest BCUT2D eigenvalue weighted by Crippen LogP contribution is -2.38. The zero-order valence-corrected chi connectivity index (χ0v) is 16.7. The van der Waals surface area contributed by atoms with Crippen LogP contribution in [0.5, 0.6) is 0 Å². The van der Waals surface area contributed by atoms with Crippen molar-refractivity contribution < 1.29 is 18.8 Å². The number of para-hydroxylation sites is 1. The summed E-state index contributed by atoms with van der Waals surface area (Å²) < 4.78 is 13.9. The van der Waals surface area contributed by atoms with Gasteiger partial charge in [0.2, 0.25) is 17.7 Å². The summed E-state index contributed by atoms with van der Waals surface area (Å²) in [6, 6.07) is 9.91. The fraction of sp³-hybridized carbons (Fsp3) is 0.318. The fourth-order valence-corrected chi connectivity index (χ4v) is 3.66. The largest absolute Gasteiger partial charge is 0.347 e. The van der Waals surface area contributed by atoms with E-state index in [2.05, 4.69) is 10.6 Å². The predicted octanol–water partition coefficient (Wildman–Crippen LogP) is 2.86. The van der Waals surface area contributed by atoms with Crippen LogP contribution < -0.4 is 15.5 Å². The summed E-state index contributed by atoms with van der Waals surface area (Å²) in [5.74, 6) is -2.19. The first-order chi connectivity index (χ1) is 13.8. The van der Waals surface area contributed by atoms with Gasteiger partial charge in [-0.05, 0) is 44.0 Å². The van der Waals surface area contributed by atoms with E-state index in [1.54, 1.807) is 12.1 Å². The Kier molecular flexibility index (Phi) is 5.96. The number of benzene rings is 2. The molecule has 6 nitrogen and oxygen atoms in total. The molecule has 29 heavy (non-hydrogen) atoms. The fourth-order valence-electron chi connectivity index (χ4n) is 3.66. The van der Waals surface area contributed by atoms with Crippen LogP contribution in [0.2, 0.25) is 0 Å². The van der Waals surface area contributed by atoms with Crippen molar-refractivity contribution in [2.75, 3.05) is 23.3 Å². The van der Waals surface area contributed by atoms with Crippen molar-refractivity contribution in [3.8, 4) is 0 Å². The Morgan fingerprint density at radius 3 is 2.45 bits per heavy atom. The van der Waals surface area contributed by atoms with Gasteiger partial charge in [0.05, 0.1) is 18.2 Å². The number of anilines is 2. The van der Waals surface area contributed by atoms with Crippen molar-refractivity contribution in [3.05, 3.63) is 58.9 Å². The van der Waals surface area contributed by atoms with Crippen LogP contribution in [-0.2, 0) is 14.4 Å². The number of hydrogen-bond acceptors (Lipinski definition) is 3. The van der Waals surface area contributed by atoms with Crippen LogP contribution in [0.4, 0.5) is 15.8 Å². The highest BCUT2D eigenvalue weighted by Gasteiger charge is 2.36. The first-order valence-electron chi connectivity index (χ1n) is 9.46. The van der Waals surface area contributed by atoms with Crippen LogP contribution in [0, 0.1) is 32.5 Å². The topological polar surface area (TPSA) is 78.5 Å². The highest BCUT2D eigenvalue weighted by Crippen LogP contribution is 2.27. The third-order valence-corrected chi connectivity index (χ3v) is 5.00. The smallest absolute Gasteiger partial charge is 0.243 e.